The lowest BCUT2D eigenvalue weighted by Gasteiger charge is -2.32. The number of benzene rings is 3. The van der Waals surface area contributed by atoms with E-state index < -0.39 is 6.04 Å². The fourth-order valence-corrected chi connectivity index (χ4v) is 4.01. The lowest BCUT2D eigenvalue weighted by molar-refractivity contribution is -0.141. The Morgan fingerprint density at radius 1 is 0.879 bits per heavy atom. The van der Waals surface area contributed by atoms with Crippen molar-refractivity contribution in [3.63, 3.8) is 0 Å². The molecule has 0 radical (unpaired) electrons. The van der Waals surface area contributed by atoms with Crippen molar-refractivity contribution in [1.82, 2.24) is 10.2 Å². The maximum atomic E-state index is 13.7. The third-order valence-electron chi connectivity index (χ3n) is 5.60. The molecule has 172 valence electrons. The SMILES string of the molecule is Cc1ccccc1CC(=O)N(Cc1ccccc1Cl)[C@@H](Cc1ccccc1)C(=O)NC(C)C. The fraction of sp³-hybridized carbons (Fsp3) is 0.286. The van der Waals surface area contributed by atoms with Crippen LogP contribution in [0.25, 0.3) is 0 Å². The number of aryl methyl sites for hydroxylation is 1. The van der Waals surface area contributed by atoms with E-state index in [2.05, 4.69) is 5.32 Å². The van der Waals surface area contributed by atoms with E-state index in [4.69, 9.17) is 11.6 Å². The van der Waals surface area contributed by atoms with Crippen molar-refractivity contribution in [3.05, 3.63) is 106 Å². The highest BCUT2D eigenvalue weighted by Gasteiger charge is 2.31. The van der Waals surface area contributed by atoms with Crippen molar-refractivity contribution in [3.8, 4) is 0 Å². The van der Waals surface area contributed by atoms with E-state index in [1.807, 2.05) is 93.6 Å². The standard InChI is InChI=1S/C28H31ClN2O2/c1-20(2)30-28(33)26(17-22-12-5-4-6-13-22)31(19-24-15-9-10-16-25(24)29)27(32)18-23-14-8-7-11-21(23)3/h4-16,20,26H,17-19H2,1-3H3,(H,30,33)/t26-/m0/s1. The number of carbonyl (C=O) groups excluding carboxylic acids is 2. The summed E-state index contributed by atoms with van der Waals surface area (Å²) in [6.45, 7) is 6.09. The van der Waals surface area contributed by atoms with Crippen molar-refractivity contribution < 1.29 is 9.59 Å². The zero-order valence-electron chi connectivity index (χ0n) is 19.4. The highest BCUT2D eigenvalue weighted by atomic mass is 35.5. The van der Waals surface area contributed by atoms with Crippen molar-refractivity contribution >= 4 is 23.4 Å². The van der Waals surface area contributed by atoms with Crippen LogP contribution in [-0.2, 0) is 29.0 Å². The molecule has 0 bridgehead atoms. The summed E-state index contributed by atoms with van der Waals surface area (Å²) in [6.07, 6.45) is 0.640. The Bertz CT molecular complexity index is 1080. The van der Waals surface area contributed by atoms with Crippen LogP contribution in [0.4, 0.5) is 0 Å². The zero-order valence-corrected chi connectivity index (χ0v) is 20.2. The van der Waals surface area contributed by atoms with Crippen LogP contribution in [0.5, 0.6) is 0 Å². The monoisotopic (exact) mass is 462 g/mol. The van der Waals surface area contributed by atoms with Gasteiger partial charge in [0.25, 0.3) is 0 Å². The molecule has 5 heteroatoms. The van der Waals surface area contributed by atoms with Crippen LogP contribution < -0.4 is 5.32 Å². The van der Waals surface area contributed by atoms with E-state index in [9.17, 15) is 9.59 Å². The summed E-state index contributed by atoms with van der Waals surface area (Å²) >= 11 is 6.45. The van der Waals surface area contributed by atoms with Gasteiger partial charge in [-0.3, -0.25) is 9.59 Å². The number of nitrogens with zero attached hydrogens (tertiary/aromatic N) is 1. The van der Waals surface area contributed by atoms with Gasteiger partial charge in [0.1, 0.15) is 6.04 Å². The topological polar surface area (TPSA) is 49.4 Å². The molecule has 0 saturated carbocycles. The third-order valence-corrected chi connectivity index (χ3v) is 5.97. The minimum absolute atomic E-state index is 0.0376. The van der Waals surface area contributed by atoms with Gasteiger partial charge >= 0.3 is 0 Å². The predicted molar refractivity (Wildman–Crippen MR) is 134 cm³/mol. The Balaban J connectivity index is 1.99. The molecule has 4 nitrogen and oxygen atoms in total. The van der Waals surface area contributed by atoms with Crippen molar-refractivity contribution in [2.24, 2.45) is 0 Å². The molecular formula is C28H31ClN2O2. The molecular weight excluding hydrogens is 432 g/mol. The molecule has 33 heavy (non-hydrogen) atoms. The lowest BCUT2D eigenvalue weighted by atomic mass is 10.00. The molecule has 0 aliphatic carbocycles. The molecule has 0 spiro atoms. The molecule has 0 saturated heterocycles. The van der Waals surface area contributed by atoms with Crippen LogP contribution in [0.3, 0.4) is 0 Å². The van der Waals surface area contributed by atoms with Crippen LogP contribution in [-0.4, -0.2) is 28.8 Å². The molecule has 3 aromatic carbocycles. The van der Waals surface area contributed by atoms with Gasteiger partial charge in [-0.05, 0) is 49.1 Å². The van der Waals surface area contributed by atoms with E-state index in [-0.39, 0.29) is 30.8 Å². The molecule has 0 fully saturated rings. The quantitative estimate of drug-likeness (QED) is 0.465. The highest BCUT2D eigenvalue weighted by Crippen LogP contribution is 2.22. The van der Waals surface area contributed by atoms with Gasteiger partial charge in [0.05, 0.1) is 6.42 Å². The Hall–Kier alpha value is -3.11. The molecule has 0 unspecified atom stereocenters. The van der Waals surface area contributed by atoms with Crippen LogP contribution in [0.1, 0.15) is 36.1 Å². The number of nitrogens with one attached hydrogen (secondary N) is 1. The molecule has 0 aliphatic rings. The second kappa shape index (κ2) is 11.7. The minimum atomic E-state index is -0.664. The van der Waals surface area contributed by atoms with Gasteiger partial charge < -0.3 is 10.2 Å². The largest absolute Gasteiger partial charge is 0.352 e. The molecule has 3 aromatic rings. The van der Waals surface area contributed by atoms with Gasteiger partial charge in [-0.2, -0.15) is 0 Å². The van der Waals surface area contributed by atoms with Crippen molar-refractivity contribution in [1.29, 1.82) is 0 Å². The second-order valence-corrected chi connectivity index (χ2v) is 8.99. The normalized spacial score (nSPS) is 11.8. The number of amides is 2. The first-order valence-electron chi connectivity index (χ1n) is 11.3. The summed E-state index contributed by atoms with van der Waals surface area (Å²) in [4.78, 5) is 28.7. The van der Waals surface area contributed by atoms with Crippen LogP contribution in [0.15, 0.2) is 78.9 Å². The molecule has 1 atom stereocenters. The summed E-state index contributed by atoms with van der Waals surface area (Å²) in [5, 5.41) is 3.59. The van der Waals surface area contributed by atoms with Gasteiger partial charge in [0, 0.05) is 24.0 Å². The van der Waals surface area contributed by atoms with Crippen molar-refractivity contribution in [2.75, 3.05) is 0 Å². The second-order valence-electron chi connectivity index (χ2n) is 8.59. The van der Waals surface area contributed by atoms with Crippen LogP contribution >= 0.6 is 11.6 Å². The number of hydrogen-bond donors (Lipinski definition) is 1. The van der Waals surface area contributed by atoms with Gasteiger partial charge in [0.2, 0.25) is 11.8 Å². The maximum absolute atomic E-state index is 13.7. The van der Waals surface area contributed by atoms with E-state index in [1.54, 1.807) is 11.0 Å². The van der Waals surface area contributed by atoms with Gasteiger partial charge in [-0.25, -0.2) is 0 Å². The molecule has 3 rings (SSSR count). The summed E-state index contributed by atoms with van der Waals surface area (Å²) in [5.74, 6) is -0.275. The summed E-state index contributed by atoms with van der Waals surface area (Å²) < 4.78 is 0. The van der Waals surface area contributed by atoms with Crippen LogP contribution in [0, 0.1) is 6.92 Å². The van der Waals surface area contributed by atoms with Gasteiger partial charge in [-0.15, -0.1) is 0 Å². The van der Waals surface area contributed by atoms with E-state index in [0.717, 1.165) is 22.3 Å². The lowest BCUT2D eigenvalue weighted by Crippen LogP contribution is -2.52. The number of rotatable bonds is 9. The molecule has 0 aromatic heterocycles. The highest BCUT2D eigenvalue weighted by molar-refractivity contribution is 6.31. The average Bonchev–Trinajstić information content (AvgIpc) is 2.79. The molecule has 0 heterocycles. The maximum Gasteiger partial charge on any atom is 0.243 e. The Morgan fingerprint density at radius 3 is 2.12 bits per heavy atom. The van der Waals surface area contributed by atoms with Crippen LogP contribution in [0.2, 0.25) is 5.02 Å². The predicted octanol–water partition coefficient (Wildman–Crippen LogP) is 5.36. The molecule has 1 N–H and O–H groups in total. The third kappa shape index (κ3) is 6.93. The first-order chi connectivity index (χ1) is 15.8. The summed E-state index contributed by atoms with van der Waals surface area (Å²) in [5.41, 5.74) is 3.81. The average molecular weight is 463 g/mol. The van der Waals surface area contributed by atoms with E-state index >= 15 is 0 Å². The summed E-state index contributed by atoms with van der Waals surface area (Å²) in [6, 6.07) is 24.4. The van der Waals surface area contributed by atoms with Gasteiger partial charge in [0.15, 0.2) is 0 Å². The number of hydrogen-bond acceptors (Lipinski definition) is 2. The first kappa shape index (κ1) is 24.5. The van der Waals surface area contributed by atoms with E-state index in [0.29, 0.717) is 11.4 Å². The first-order valence-corrected chi connectivity index (χ1v) is 11.6. The smallest absolute Gasteiger partial charge is 0.243 e. The Morgan fingerprint density at radius 2 is 1.48 bits per heavy atom. The van der Waals surface area contributed by atoms with Gasteiger partial charge in [-0.1, -0.05) is 84.4 Å². The number of halogens is 1. The minimum Gasteiger partial charge on any atom is -0.352 e. The zero-order chi connectivity index (χ0) is 23.8. The van der Waals surface area contributed by atoms with E-state index in [1.165, 1.54) is 0 Å². The Kier molecular flexibility index (Phi) is 8.67. The Labute approximate surface area is 201 Å². The fourth-order valence-electron chi connectivity index (χ4n) is 3.82. The summed E-state index contributed by atoms with van der Waals surface area (Å²) in [7, 11) is 0. The molecule has 2 amide bonds. The molecule has 0 aliphatic heterocycles. The number of carbonyl (C=O) groups is 2. The van der Waals surface area contributed by atoms with Crippen molar-refractivity contribution in [2.45, 2.75) is 52.2 Å².